The van der Waals surface area contributed by atoms with Crippen LogP contribution in [-0.4, -0.2) is 24.2 Å². The van der Waals surface area contributed by atoms with Crippen molar-refractivity contribution >= 4 is 37.6 Å². The molecule has 0 aromatic rings. The van der Waals surface area contributed by atoms with Gasteiger partial charge in [0.15, 0.2) is 0 Å². The second-order valence-corrected chi connectivity index (χ2v) is 7.24. The van der Waals surface area contributed by atoms with Crippen LogP contribution in [0.1, 0.15) is 19.8 Å². The zero-order valence-corrected chi connectivity index (χ0v) is 15.2. The summed E-state index contributed by atoms with van der Waals surface area (Å²) in [5.74, 6) is -0.740. The number of carbonyl (C=O) groups is 1. The number of allylic oxidation sites excluding steroid dienone is 6. The quantitative estimate of drug-likeness (QED) is 0.471. The Morgan fingerprint density at radius 3 is 2.12 bits per heavy atom. The predicted octanol–water partition coefficient (Wildman–Crippen LogP) is 5.69. The zero-order chi connectivity index (χ0) is 18.5. The molecular weight excluding hydrogens is 474 g/mol. The Bertz CT molecular complexity index is 645. The maximum absolute atomic E-state index is 12.6. The summed E-state index contributed by atoms with van der Waals surface area (Å²) in [6, 6.07) is 0. The van der Waals surface area contributed by atoms with Gasteiger partial charge in [0.1, 0.15) is 0 Å². The Balaban J connectivity index is 2.39. The lowest BCUT2D eigenvalue weighted by Crippen LogP contribution is -2.44. The number of alkyl halides is 6. The molecule has 0 fully saturated rings. The van der Waals surface area contributed by atoms with Crippen molar-refractivity contribution in [2.75, 3.05) is 0 Å². The second-order valence-electron chi connectivity index (χ2n) is 5.59. The molecule has 2 aliphatic carbocycles. The van der Waals surface area contributed by atoms with Crippen LogP contribution >= 0.6 is 31.9 Å². The van der Waals surface area contributed by atoms with Crippen LogP contribution in [0.4, 0.5) is 26.3 Å². The number of ketones is 1. The molecule has 24 heavy (non-hydrogen) atoms. The number of hydrogen-bond acceptors (Lipinski definition) is 2. The molecular formula is C14H10Br2F6O2. The molecule has 1 unspecified atom stereocenters. The fraction of sp³-hybridized carbons (Fsp3) is 0.500. The van der Waals surface area contributed by atoms with E-state index in [-0.39, 0.29) is 27.6 Å². The van der Waals surface area contributed by atoms with Crippen molar-refractivity contribution in [3.05, 3.63) is 32.4 Å². The number of rotatable bonds is 2. The van der Waals surface area contributed by atoms with E-state index in [0.717, 1.165) is 0 Å². The molecule has 10 heteroatoms. The predicted molar refractivity (Wildman–Crippen MR) is 80.4 cm³/mol. The fourth-order valence-corrected chi connectivity index (χ4v) is 4.40. The minimum absolute atomic E-state index is 0.105. The maximum Gasteiger partial charge on any atom is 0.434 e. The van der Waals surface area contributed by atoms with Crippen LogP contribution < -0.4 is 0 Å². The van der Waals surface area contributed by atoms with E-state index < -0.39 is 29.6 Å². The molecule has 0 saturated carbocycles. The lowest BCUT2D eigenvalue weighted by atomic mass is 9.72. The molecule has 2 nitrogen and oxygen atoms in total. The molecule has 0 aliphatic heterocycles. The highest BCUT2D eigenvalue weighted by Gasteiger charge is 2.59. The Kier molecular flexibility index (Phi) is 5.04. The summed E-state index contributed by atoms with van der Waals surface area (Å²) in [6.45, 7) is 1.58. The van der Waals surface area contributed by atoms with Gasteiger partial charge in [0.25, 0.3) is 6.10 Å². The van der Waals surface area contributed by atoms with E-state index in [1.165, 1.54) is 12.2 Å². The van der Waals surface area contributed by atoms with Gasteiger partial charge in [0.05, 0.1) is 14.7 Å². The van der Waals surface area contributed by atoms with Crippen LogP contribution in [0.15, 0.2) is 32.4 Å². The first-order valence-corrected chi connectivity index (χ1v) is 8.18. The van der Waals surface area contributed by atoms with Crippen molar-refractivity contribution in [1.29, 1.82) is 0 Å². The maximum atomic E-state index is 12.6. The number of Topliss-reactive ketones (excluding diaryl/α,β-unsaturated/α-hetero) is 1. The molecule has 134 valence electrons. The summed E-state index contributed by atoms with van der Waals surface area (Å²) >= 11 is 6.18. The Labute approximate surface area is 149 Å². The summed E-state index contributed by atoms with van der Waals surface area (Å²) in [6.07, 6.45) is -12.5. The van der Waals surface area contributed by atoms with Gasteiger partial charge < -0.3 is 4.74 Å². The monoisotopic (exact) mass is 482 g/mol. The highest BCUT2D eigenvalue weighted by molar-refractivity contribution is 9.13. The molecule has 0 amide bonds. The normalized spacial score (nSPS) is 25.5. The third-order valence-corrected chi connectivity index (χ3v) is 5.13. The number of fused-ring (bicyclic) bond motifs is 1. The number of ether oxygens (including phenoxy) is 1. The zero-order valence-electron chi connectivity index (χ0n) is 12.0. The van der Waals surface area contributed by atoms with Gasteiger partial charge in [-0.15, -0.1) is 0 Å². The molecule has 0 bridgehead atoms. The Hall–Kier alpha value is -0.770. The molecule has 0 spiro atoms. The van der Waals surface area contributed by atoms with Crippen LogP contribution in [0.3, 0.4) is 0 Å². The molecule has 0 radical (unpaired) electrons. The third-order valence-electron chi connectivity index (χ3n) is 3.70. The van der Waals surface area contributed by atoms with Gasteiger partial charge in [-0.3, -0.25) is 4.79 Å². The van der Waals surface area contributed by atoms with E-state index in [9.17, 15) is 31.1 Å². The van der Waals surface area contributed by atoms with Crippen molar-refractivity contribution in [3.63, 3.8) is 0 Å². The van der Waals surface area contributed by atoms with Crippen LogP contribution in [0.5, 0.6) is 0 Å². The second kappa shape index (κ2) is 6.19. The fourth-order valence-electron chi connectivity index (χ4n) is 2.62. The van der Waals surface area contributed by atoms with E-state index in [0.29, 0.717) is 5.57 Å². The molecule has 0 N–H and O–H groups in total. The summed E-state index contributed by atoms with van der Waals surface area (Å²) in [4.78, 5) is 11.9. The van der Waals surface area contributed by atoms with Crippen molar-refractivity contribution in [2.24, 2.45) is 5.41 Å². The van der Waals surface area contributed by atoms with Gasteiger partial charge >= 0.3 is 12.4 Å². The minimum atomic E-state index is -5.57. The van der Waals surface area contributed by atoms with E-state index in [1.807, 2.05) is 0 Å². The smallest absolute Gasteiger partial charge is 0.434 e. The van der Waals surface area contributed by atoms with E-state index in [2.05, 4.69) is 36.6 Å². The summed E-state index contributed by atoms with van der Waals surface area (Å²) in [7, 11) is 0. The number of hydrogen-bond donors (Lipinski definition) is 0. The minimum Gasteiger partial charge on any atom is -0.476 e. The third kappa shape index (κ3) is 3.74. The van der Waals surface area contributed by atoms with Crippen LogP contribution in [0, 0.1) is 5.41 Å². The molecule has 0 aromatic carbocycles. The average molecular weight is 484 g/mol. The van der Waals surface area contributed by atoms with Crippen LogP contribution in [-0.2, 0) is 9.53 Å². The summed E-state index contributed by atoms with van der Waals surface area (Å²) in [5, 5.41) is 0. The van der Waals surface area contributed by atoms with Gasteiger partial charge in [-0.2, -0.15) is 26.3 Å². The van der Waals surface area contributed by atoms with Gasteiger partial charge in [-0.1, -0.05) is 6.08 Å². The van der Waals surface area contributed by atoms with Crippen molar-refractivity contribution in [1.82, 2.24) is 0 Å². The van der Waals surface area contributed by atoms with Crippen LogP contribution in [0.25, 0.3) is 0 Å². The molecule has 2 rings (SSSR count). The molecule has 2 aliphatic rings. The van der Waals surface area contributed by atoms with Gasteiger partial charge in [-0.25, -0.2) is 0 Å². The summed E-state index contributed by atoms with van der Waals surface area (Å²) < 4.78 is 80.4. The lowest BCUT2D eigenvalue weighted by Gasteiger charge is -2.36. The average Bonchev–Trinajstić information content (AvgIpc) is 2.39. The standard InChI is InChI=1S/C14H10Br2F6O2/c1-12-4-6(24-11(13(17,18)19)14(20,21)22)2-3-7(12)9(16)10(23)8(15)5-12/h4-5,11H,2-3H2,1H3. The van der Waals surface area contributed by atoms with Gasteiger partial charge in [0.2, 0.25) is 5.78 Å². The lowest BCUT2D eigenvalue weighted by molar-refractivity contribution is -0.313. The van der Waals surface area contributed by atoms with Crippen LogP contribution in [0.2, 0.25) is 0 Å². The SMILES string of the molecule is CC12C=C(OC(C(F)(F)F)C(F)(F)F)CCC1=C(Br)C(=O)C(Br)=C2. The van der Waals surface area contributed by atoms with Crippen molar-refractivity contribution < 1.29 is 35.9 Å². The van der Waals surface area contributed by atoms with E-state index in [4.69, 9.17) is 0 Å². The first-order valence-electron chi connectivity index (χ1n) is 6.59. The Morgan fingerprint density at radius 1 is 1.08 bits per heavy atom. The summed E-state index contributed by atoms with van der Waals surface area (Å²) in [5.41, 5.74) is -0.431. The van der Waals surface area contributed by atoms with Gasteiger partial charge in [0, 0.05) is 11.8 Å². The Morgan fingerprint density at radius 2 is 1.62 bits per heavy atom. The van der Waals surface area contributed by atoms with Crippen molar-refractivity contribution in [2.45, 2.75) is 38.2 Å². The topological polar surface area (TPSA) is 26.3 Å². The number of halogens is 8. The molecule has 0 saturated heterocycles. The molecule has 1 atom stereocenters. The highest BCUT2D eigenvalue weighted by Crippen LogP contribution is 2.49. The molecule has 0 aromatic heterocycles. The first-order chi connectivity index (χ1) is 10.8. The molecule has 0 heterocycles. The van der Waals surface area contributed by atoms with E-state index >= 15 is 0 Å². The van der Waals surface area contributed by atoms with Gasteiger partial charge in [-0.05, 0) is 56.9 Å². The highest BCUT2D eigenvalue weighted by atomic mass is 79.9. The first kappa shape index (κ1) is 19.6. The van der Waals surface area contributed by atoms with E-state index in [1.54, 1.807) is 6.92 Å². The largest absolute Gasteiger partial charge is 0.476 e. The number of carbonyl (C=O) groups excluding carboxylic acids is 1. The van der Waals surface area contributed by atoms with Crippen molar-refractivity contribution in [3.8, 4) is 0 Å².